The molecule has 0 heterocycles. The van der Waals surface area contributed by atoms with Crippen molar-refractivity contribution in [2.24, 2.45) is 22.7 Å². The highest BCUT2D eigenvalue weighted by Crippen LogP contribution is 2.69. The maximum Gasteiger partial charge on any atom is 0.159 e. The number of hydrogen-bond donors (Lipinski definition) is 1. The summed E-state index contributed by atoms with van der Waals surface area (Å²) in [6.07, 6.45) is 7.60. The molecule has 5 rings (SSSR count). The molecule has 4 aliphatic rings. The molecule has 0 aliphatic heterocycles. The second-order valence-corrected chi connectivity index (χ2v) is 11.1. The number of aliphatic hydroxyl groups excluding tert-OH is 1. The van der Waals surface area contributed by atoms with Gasteiger partial charge in [-0.3, -0.25) is 14.4 Å². The van der Waals surface area contributed by atoms with Gasteiger partial charge in [0.2, 0.25) is 0 Å². The van der Waals surface area contributed by atoms with Crippen LogP contribution in [0, 0.1) is 34.5 Å². The summed E-state index contributed by atoms with van der Waals surface area (Å²) in [6, 6.07) is 7.97. The van der Waals surface area contributed by atoms with E-state index in [1.807, 2.05) is 18.2 Å². The van der Waals surface area contributed by atoms with E-state index in [0.29, 0.717) is 23.8 Å². The number of allylic oxidation sites excluding steroid dienone is 4. The summed E-state index contributed by atoms with van der Waals surface area (Å²) in [7, 11) is 0. The first kappa shape index (κ1) is 23.9. The van der Waals surface area contributed by atoms with Gasteiger partial charge in [-0.05, 0) is 92.4 Å². The molecule has 0 unspecified atom stereocenters. The van der Waals surface area contributed by atoms with Gasteiger partial charge < -0.3 is 5.11 Å². The van der Waals surface area contributed by atoms with Crippen molar-refractivity contribution in [1.82, 2.24) is 0 Å². The lowest BCUT2D eigenvalue weighted by atomic mass is 9.48. The lowest BCUT2D eigenvalue weighted by Crippen LogP contribution is -2.50. The minimum Gasteiger partial charge on any atom is -0.384 e. The fourth-order valence-electron chi connectivity index (χ4n) is 8.00. The molecule has 0 bridgehead atoms. The van der Waals surface area contributed by atoms with Crippen molar-refractivity contribution < 1.29 is 19.5 Å². The van der Waals surface area contributed by atoms with E-state index in [-0.39, 0.29) is 35.3 Å². The first-order valence-corrected chi connectivity index (χ1v) is 12.9. The Bertz CT molecular complexity index is 1220. The Balaban J connectivity index is 1.70. The summed E-state index contributed by atoms with van der Waals surface area (Å²) in [5.74, 6) is 7.31. The van der Waals surface area contributed by atoms with E-state index in [9.17, 15) is 19.5 Å². The molecule has 1 aromatic carbocycles. The van der Waals surface area contributed by atoms with E-state index in [1.165, 1.54) is 22.3 Å². The molecular formula is C31H34O4. The molecule has 2 saturated carbocycles. The summed E-state index contributed by atoms with van der Waals surface area (Å²) in [4.78, 5) is 37.4. The minimum atomic E-state index is -0.757. The van der Waals surface area contributed by atoms with Crippen molar-refractivity contribution in [1.29, 1.82) is 0 Å². The highest BCUT2D eigenvalue weighted by atomic mass is 16.2. The van der Waals surface area contributed by atoms with Crippen LogP contribution in [-0.4, -0.2) is 29.1 Å². The summed E-state index contributed by atoms with van der Waals surface area (Å²) in [5.41, 5.74) is 4.83. The molecular weight excluding hydrogens is 436 g/mol. The van der Waals surface area contributed by atoms with E-state index in [1.54, 1.807) is 13.8 Å². The second-order valence-electron chi connectivity index (χ2n) is 11.1. The maximum atomic E-state index is 13.2. The topological polar surface area (TPSA) is 71.4 Å². The third-order valence-corrected chi connectivity index (χ3v) is 9.63. The zero-order valence-corrected chi connectivity index (χ0v) is 20.9. The van der Waals surface area contributed by atoms with Crippen LogP contribution in [0.5, 0.6) is 0 Å². The van der Waals surface area contributed by atoms with Crippen LogP contribution in [-0.2, 0) is 9.59 Å². The van der Waals surface area contributed by atoms with Gasteiger partial charge in [-0.15, -0.1) is 0 Å². The third-order valence-electron chi connectivity index (χ3n) is 9.63. The van der Waals surface area contributed by atoms with Crippen molar-refractivity contribution in [2.45, 2.75) is 71.6 Å². The molecule has 4 nitrogen and oxygen atoms in total. The van der Waals surface area contributed by atoms with E-state index >= 15 is 0 Å². The molecule has 0 saturated heterocycles. The molecule has 5 atom stereocenters. The van der Waals surface area contributed by atoms with E-state index < -0.39 is 5.41 Å². The van der Waals surface area contributed by atoms with Crippen LogP contribution < -0.4 is 0 Å². The number of aliphatic hydroxyl groups is 1. The lowest BCUT2D eigenvalue weighted by molar-refractivity contribution is -0.130. The largest absolute Gasteiger partial charge is 0.384 e. The molecule has 35 heavy (non-hydrogen) atoms. The number of Topliss-reactive ketones (excluding diaryl/α,β-unsaturated/α-hetero) is 2. The van der Waals surface area contributed by atoms with Crippen LogP contribution in [0.15, 0.2) is 47.1 Å². The Hall–Kier alpha value is -2.77. The zero-order chi connectivity index (χ0) is 25.0. The molecule has 0 spiro atoms. The average Bonchev–Trinajstić information content (AvgIpc) is 3.14. The van der Waals surface area contributed by atoms with Crippen LogP contribution in [0.3, 0.4) is 0 Å². The predicted octanol–water partition coefficient (Wildman–Crippen LogP) is 5.36. The first-order valence-electron chi connectivity index (χ1n) is 12.9. The van der Waals surface area contributed by atoms with Crippen LogP contribution in [0.2, 0.25) is 0 Å². The SMILES string of the molecule is CC(=O)c1ccc([C@H]2C[C@@]3(C)[C@@H](CC[C@]3(C#CCO)C(C)=O)[C@@H]3CCC4=CC(=O)CCC4=C32)cc1. The molecule has 182 valence electrons. The molecule has 0 radical (unpaired) electrons. The van der Waals surface area contributed by atoms with Gasteiger partial charge in [0.15, 0.2) is 11.6 Å². The van der Waals surface area contributed by atoms with Gasteiger partial charge in [-0.2, -0.15) is 0 Å². The Morgan fingerprint density at radius 2 is 1.83 bits per heavy atom. The van der Waals surface area contributed by atoms with Gasteiger partial charge in [-0.1, -0.05) is 48.6 Å². The first-order chi connectivity index (χ1) is 16.7. The zero-order valence-electron chi connectivity index (χ0n) is 20.9. The van der Waals surface area contributed by atoms with Crippen LogP contribution in [0.4, 0.5) is 0 Å². The Kier molecular flexibility index (Phi) is 5.96. The highest BCUT2D eigenvalue weighted by molar-refractivity contribution is 5.94. The summed E-state index contributed by atoms with van der Waals surface area (Å²) >= 11 is 0. The normalized spacial score (nSPS) is 33.7. The van der Waals surface area contributed by atoms with Crippen LogP contribution in [0.1, 0.15) is 87.6 Å². The number of carbonyl (C=O) groups is 3. The predicted molar refractivity (Wildman–Crippen MR) is 135 cm³/mol. The van der Waals surface area contributed by atoms with E-state index in [4.69, 9.17) is 0 Å². The molecule has 2 fully saturated rings. The van der Waals surface area contributed by atoms with Gasteiger partial charge >= 0.3 is 0 Å². The minimum absolute atomic E-state index is 0.0477. The number of fused-ring (bicyclic) bond motifs is 4. The van der Waals surface area contributed by atoms with Gasteiger partial charge in [-0.25, -0.2) is 0 Å². The third kappa shape index (κ3) is 3.59. The molecule has 0 aromatic heterocycles. The van der Waals surface area contributed by atoms with Gasteiger partial charge in [0, 0.05) is 17.9 Å². The fourth-order valence-corrected chi connectivity index (χ4v) is 8.00. The van der Waals surface area contributed by atoms with Gasteiger partial charge in [0.25, 0.3) is 0 Å². The second kappa shape index (κ2) is 8.71. The molecule has 4 heteroatoms. The van der Waals surface area contributed by atoms with Crippen molar-refractivity contribution in [2.75, 3.05) is 6.61 Å². The number of ketones is 3. The molecule has 0 amide bonds. The lowest BCUT2D eigenvalue weighted by Gasteiger charge is -2.54. The summed E-state index contributed by atoms with van der Waals surface area (Å²) < 4.78 is 0. The van der Waals surface area contributed by atoms with Crippen LogP contribution in [0.25, 0.3) is 0 Å². The summed E-state index contributed by atoms with van der Waals surface area (Å²) in [6.45, 7) is 5.26. The van der Waals surface area contributed by atoms with Gasteiger partial charge in [0.1, 0.15) is 12.4 Å². The van der Waals surface area contributed by atoms with E-state index in [0.717, 1.165) is 38.5 Å². The Morgan fingerprint density at radius 1 is 1.09 bits per heavy atom. The smallest absolute Gasteiger partial charge is 0.159 e. The van der Waals surface area contributed by atoms with Crippen molar-refractivity contribution >= 4 is 17.3 Å². The molecule has 4 aliphatic carbocycles. The number of carbonyl (C=O) groups excluding carboxylic acids is 3. The average molecular weight is 471 g/mol. The number of hydrogen-bond acceptors (Lipinski definition) is 4. The standard InChI is InChI=1S/C31H34O4/c1-19(33)21-5-7-22(8-6-21)27-18-30(3)28(13-15-31(30,20(2)34)14-4-16-32)26-11-9-23-17-24(35)10-12-25(23)29(26)27/h5-8,17,26-28,32H,9-13,15-16,18H2,1-3H3/t26-,27+,28-,30-,31+/m0/s1. The number of benzene rings is 1. The van der Waals surface area contributed by atoms with E-state index in [2.05, 4.69) is 30.9 Å². The van der Waals surface area contributed by atoms with Crippen molar-refractivity contribution in [3.63, 3.8) is 0 Å². The molecule has 1 N–H and O–H groups in total. The number of rotatable bonds is 3. The van der Waals surface area contributed by atoms with Crippen LogP contribution >= 0.6 is 0 Å². The Morgan fingerprint density at radius 3 is 2.49 bits per heavy atom. The molecule has 1 aromatic rings. The fraction of sp³-hybridized carbons (Fsp3) is 0.516. The highest BCUT2D eigenvalue weighted by Gasteiger charge is 2.64. The van der Waals surface area contributed by atoms with Crippen molar-refractivity contribution in [3.8, 4) is 11.8 Å². The maximum absolute atomic E-state index is 13.2. The summed E-state index contributed by atoms with van der Waals surface area (Å²) in [5, 5.41) is 9.49. The van der Waals surface area contributed by atoms with Gasteiger partial charge in [0.05, 0.1) is 5.41 Å². The van der Waals surface area contributed by atoms with Crippen molar-refractivity contribution in [3.05, 3.63) is 58.2 Å². The Labute approximate surface area is 207 Å². The quantitative estimate of drug-likeness (QED) is 0.477. The monoisotopic (exact) mass is 470 g/mol.